The third-order valence-corrected chi connectivity index (χ3v) is 4.30. The van der Waals surface area contributed by atoms with Crippen LogP contribution in [-0.2, 0) is 19.1 Å². The summed E-state index contributed by atoms with van der Waals surface area (Å²) in [5, 5.41) is 11.9. The molecule has 0 aromatic rings. The Labute approximate surface area is 109 Å². The van der Waals surface area contributed by atoms with E-state index in [4.69, 9.17) is 4.74 Å². The van der Waals surface area contributed by atoms with Gasteiger partial charge in [-0.25, -0.2) is 4.79 Å². The van der Waals surface area contributed by atoms with Crippen LogP contribution >= 0.6 is 0 Å². The minimum Gasteiger partial charge on any atom is -0.481 e. The minimum absolute atomic E-state index is 0.0245. The maximum Gasteiger partial charge on any atom is 0.328 e. The number of allylic oxidation sites excluding steroid dienone is 2. The number of cyclic esters (lactones) is 1. The Morgan fingerprint density at radius 3 is 2.53 bits per heavy atom. The molecule has 1 saturated heterocycles. The second-order valence-corrected chi connectivity index (χ2v) is 5.36. The maximum absolute atomic E-state index is 12.2. The number of hydrogen-bond donors (Lipinski definition) is 2. The molecule has 1 heterocycles. The number of amides is 1. The van der Waals surface area contributed by atoms with Gasteiger partial charge in [-0.2, -0.15) is 0 Å². The Morgan fingerprint density at radius 2 is 1.95 bits per heavy atom. The summed E-state index contributed by atoms with van der Waals surface area (Å²) < 4.78 is 4.78. The molecular formula is C13H15NO5. The van der Waals surface area contributed by atoms with Gasteiger partial charge in [0, 0.05) is 6.42 Å². The van der Waals surface area contributed by atoms with E-state index in [1.54, 1.807) is 0 Å². The van der Waals surface area contributed by atoms with E-state index in [0.29, 0.717) is 19.4 Å². The van der Waals surface area contributed by atoms with Crippen LogP contribution in [0, 0.1) is 23.7 Å². The van der Waals surface area contributed by atoms with Crippen molar-refractivity contribution in [2.75, 3.05) is 6.61 Å². The SMILES string of the molecule is O=C1OCCC1NC(=O)[C@H]1C2C=CC(C2)[C@H]1C(=O)O. The fourth-order valence-corrected chi connectivity index (χ4v) is 3.41. The highest BCUT2D eigenvalue weighted by molar-refractivity contribution is 5.90. The van der Waals surface area contributed by atoms with Crippen LogP contribution in [-0.4, -0.2) is 35.6 Å². The van der Waals surface area contributed by atoms with Crippen LogP contribution in [0.2, 0.25) is 0 Å². The van der Waals surface area contributed by atoms with Crippen LogP contribution in [0.3, 0.4) is 0 Å². The molecule has 1 amide bonds. The molecule has 1 aliphatic heterocycles. The lowest BCUT2D eigenvalue weighted by Gasteiger charge is -2.24. The lowest BCUT2D eigenvalue weighted by atomic mass is 9.82. The molecule has 102 valence electrons. The van der Waals surface area contributed by atoms with Crippen molar-refractivity contribution in [3.63, 3.8) is 0 Å². The number of rotatable bonds is 3. The molecule has 2 bridgehead atoms. The summed E-state index contributed by atoms with van der Waals surface area (Å²) in [4.78, 5) is 34.9. The van der Waals surface area contributed by atoms with E-state index < -0.39 is 29.8 Å². The van der Waals surface area contributed by atoms with Crippen molar-refractivity contribution in [2.24, 2.45) is 23.7 Å². The lowest BCUT2D eigenvalue weighted by Crippen LogP contribution is -2.45. The van der Waals surface area contributed by atoms with Gasteiger partial charge in [0.1, 0.15) is 6.04 Å². The van der Waals surface area contributed by atoms with E-state index in [1.807, 2.05) is 12.2 Å². The number of aliphatic carboxylic acids is 1. The first-order valence-corrected chi connectivity index (χ1v) is 6.46. The Morgan fingerprint density at radius 1 is 1.26 bits per heavy atom. The fraction of sp³-hybridized carbons (Fsp3) is 0.615. The number of carbonyl (C=O) groups is 3. The van der Waals surface area contributed by atoms with Gasteiger partial charge < -0.3 is 15.2 Å². The summed E-state index contributed by atoms with van der Waals surface area (Å²) in [7, 11) is 0. The standard InChI is InChI=1S/C13H15NO5/c15-11(14-8-3-4-19-13(8)18)9-6-1-2-7(5-6)10(9)12(16)17/h1-2,6-10H,3-5H2,(H,14,15)(H,16,17)/t6?,7?,8?,9-,10+/m0/s1. The van der Waals surface area contributed by atoms with Gasteiger partial charge in [-0.05, 0) is 18.3 Å². The summed E-state index contributed by atoms with van der Waals surface area (Å²) in [6.07, 6.45) is 4.97. The van der Waals surface area contributed by atoms with Gasteiger partial charge >= 0.3 is 11.9 Å². The van der Waals surface area contributed by atoms with Crippen molar-refractivity contribution in [2.45, 2.75) is 18.9 Å². The molecular weight excluding hydrogens is 250 g/mol. The number of carboxylic acid groups (broad SMARTS) is 1. The number of fused-ring (bicyclic) bond motifs is 2. The smallest absolute Gasteiger partial charge is 0.328 e. The van der Waals surface area contributed by atoms with E-state index in [0.717, 1.165) is 0 Å². The van der Waals surface area contributed by atoms with Gasteiger partial charge in [-0.1, -0.05) is 12.2 Å². The van der Waals surface area contributed by atoms with Crippen molar-refractivity contribution in [1.82, 2.24) is 5.32 Å². The van der Waals surface area contributed by atoms with Gasteiger partial charge in [0.05, 0.1) is 18.4 Å². The predicted octanol–water partition coefficient (Wildman–Crippen LogP) is -0.0590. The second kappa shape index (κ2) is 4.36. The first-order valence-electron chi connectivity index (χ1n) is 6.46. The zero-order valence-electron chi connectivity index (χ0n) is 10.2. The van der Waals surface area contributed by atoms with Gasteiger partial charge in [-0.15, -0.1) is 0 Å². The molecule has 0 spiro atoms. The van der Waals surface area contributed by atoms with Crippen molar-refractivity contribution in [3.8, 4) is 0 Å². The van der Waals surface area contributed by atoms with Crippen molar-refractivity contribution >= 4 is 17.8 Å². The quantitative estimate of drug-likeness (QED) is 0.551. The highest BCUT2D eigenvalue weighted by Crippen LogP contribution is 2.48. The normalized spacial score (nSPS) is 39.4. The Balaban J connectivity index is 1.73. The molecule has 3 rings (SSSR count). The molecule has 2 N–H and O–H groups in total. The number of carbonyl (C=O) groups excluding carboxylic acids is 2. The summed E-state index contributed by atoms with van der Waals surface area (Å²) in [5.41, 5.74) is 0. The number of esters is 1. The molecule has 3 unspecified atom stereocenters. The summed E-state index contributed by atoms with van der Waals surface area (Å²) >= 11 is 0. The largest absolute Gasteiger partial charge is 0.481 e. The number of nitrogens with one attached hydrogen (secondary N) is 1. The average Bonchev–Trinajstić information content (AvgIpc) is 3.04. The highest BCUT2D eigenvalue weighted by Gasteiger charge is 2.52. The maximum atomic E-state index is 12.2. The molecule has 6 nitrogen and oxygen atoms in total. The minimum atomic E-state index is -0.939. The van der Waals surface area contributed by atoms with E-state index in [-0.39, 0.29) is 17.7 Å². The average molecular weight is 265 g/mol. The zero-order valence-corrected chi connectivity index (χ0v) is 10.2. The first kappa shape index (κ1) is 12.2. The van der Waals surface area contributed by atoms with E-state index >= 15 is 0 Å². The molecule has 1 saturated carbocycles. The number of carboxylic acids is 1. The summed E-state index contributed by atoms with van der Waals surface area (Å²) in [6.45, 7) is 0.308. The van der Waals surface area contributed by atoms with Crippen molar-refractivity contribution in [1.29, 1.82) is 0 Å². The molecule has 0 aromatic carbocycles. The van der Waals surface area contributed by atoms with Gasteiger partial charge in [0.2, 0.25) is 5.91 Å². The molecule has 6 heteroatoms. The molecule has 2 fully saturated rings. The van der Waals surface area contributed by atoms with E-state index in [9.17, 15) is 19.5 Å². The molecule has 0 radical (unpaired) electrons. The van der Waals surface area contributed by atoms with Crippen LogP contribution in [0.4, 0.5) is 0 Å². The predicted molar refractivity (Wildman–Crippen MR) is 62.9 cm³/mol. The summed E-state index contributed by atoms with van der Waals surface area (Å²) in [6, 6.07) is -0.620. The fourth-order valence-electron chi connectivity index (χ4n) is 3.41. The summed E-state index contributed by atoms with van der Waals surface area (Å²) in [5.74, 6) is -3.04. The third kappa shape index (κ3) is 1.91. The van der Waals surface area contributed by atoms with Gasteiger partial charge in [0.25, 0.3) is 0 Å². The molecule has 0 aromatic heterocycles. The second-order valence-electron chi connectivity index (χ2n) is 5.36. The molecule has 3 aliphatic rings. The first-order chi connectivity index (χ1) is 9.08. The third-order valence-electron chi connectivity index (χ3n) is 4.30. The lowest BCUT2D eigenvalue weighted by molar-refractivity contribution is -0.148. The van der Waals surface area contributed by atoms with Crippen LogP contribution in [0.15, 0.2) is 12.2 Å². The number of ether oxygens (including phenoxy) is 1. The topological polar surface area (TPSA) is 92.7 Å². The van der Waals surface area contributed by atoms with Gasteiger partial charge in [0.15, 0.2) is 0 Å². The van der Waals surface area contributed by atoms with Crippen molar-refractivity contribution in [3.05, 3.63) is 12.2 Å². The van der Waals surface area contributed by atoms with Crippen LogP contribution < -0.4 is 5.32 Å². The number of hydrogen-bond acceptors (Lipinski definition) is 4. The molecule has 2 aliphatic carbocycles. The Bertz CT molecular complexity index is 472. The molecule has 19 heavy (non-hydrogen) atoms. The zero-order chi connectivity index (χ0) is 13.6. The van der Waals surface area contributed by atoms with E-state index in [2.05, 4.69) is 5.32 Å². The van der Waals surface area contributed by atoms with Crippen LogP contribution in [0.25, 0.3) is 0 Å². The highest BCUT2D eigenvalue weighted by atomic mass is 16.5. The van der Waals surface area contributed by atoms with E-state index in [1.165, 1.54) is 0 Å². The van der Waals surface area contributed by atoms with Crippen LogP contribution in [0.5, 0.6) is 0 Å². The van der Waals surface area contributed by atoms with Gasteiger partial charge in [-0.3, -0.25) is 9.59 Å². The Hall–Kier alpha value is -1.85. The Kier molecular flexibility index (Phi) is 2.80. The monoisotopic (exact) mass is 265 g/mol. The van der Waals surface area contributed by atoms with Crippen molar-refractivity contribution < 1.29 is 24.2 Å². The van der Waals surface area contributed by atoms with Crippen LogP contribution in [0.1, 0.15) is 12.8 Å². The molecule has 5 atom stereocenters.